The zero-order chi connectivity index (χ0) is 19.1. The Morgan fingerprint density at radius 1 is 1.04 bits per heavy atom. The average Bonchev–Trinajstić information content (AvgIpc) is 2.70. The molecular formula is C20H31N5O. The normalized spacial score (nSPS) is 10.9. The Hall–Kier alpha value is -2.37. The molecule has 0 unspecified atom stereocenters. The molecule has 0 fully saturated rings. The zero-order valence-electron chi connectivity index (χ0n) is 16.8. The standard InChI is InChI=1S/C20H31N5O/c1-7-13(8-2)23-20-16(10-4)24-19(15(9-3)25-20)14-12-22-18(21-5)11-17(14)26-6/h11-13H,7-10H2,1-6H3,(H,21,22)(H,23,25). The van der Waals surface area contributed by atoms with Gasteiger partial charge in [0.15, 0.2) is 0 Å². The highest BCUT2D eigenvalue weighted by atomic mass is 16.5. The number of hydrogen-bond donors (Lipinski definition) is 2. The Morgan fingerprint density at radius 3 is 2.27 bits per heavy atom. The number of ether oxygens (including phenoxy) is 1. The van der Waals surface area contributed by atoms with E-state index >= 15 is 0 Å². The molecule has 142 valence electrons. The highest BCUT2D eigenvalue weighted by Gasteiger charge is 2.18. The van der Waals surface area contributed by atoms with Gasteiger partial charge in [0.05, 0.1) is 29.8 Å². The van der Waals surface area contributed by atoms with Crippen molar-refractivity contribution in [2.75, 3.05) is 24.8 Å². The van der Waals surface area contributed by atoms with Crippen molar-refractivity contribution >= 4 is 11.6 Å². The summed E-state index contributed by atoms with van der Waals surface area (Å²) in [6.45, 7) is 8.59. The minimum atomic E-state index is 0.413. The highest BCUT2D eigenvalue weighted by Crippen LogP contribution is 2.33. The van der Waals surface area contributed by atoms with Crippen LogP contribution in [0.3, 0.4) is 0 Å². The molecule has 0 saturated heterocycles. The molecule has 0 aromatic carbocycles. The van der Waals surface area contributed by atoms with Crippen LogP contribution in [0.15, 0.2) is 12.3 Å². The summed E-state index contributed by atoms with van der Waals surface area (Å²) in [5.41, 5.74) is 3.66. The first-order valence-electron chi connectivity index (χ1n) is 9.50. The molecule has 26 heavy (non-hydrogen) atoms. The Labute approximate surface area is 156 Å². The van der Waals surface area contributed by atoms with E-state index in [1.165, 1.54) is 0 Å². The molecule has 0 amide bonds. The van der Waals surface area contributed by atoms with Gasteiger partial charge in [0.25, 0.3) is 0 Å². The van der Waals surface area contributed by atoms with Gasteiger partial charge >= 0.3 is 0 Å². The summed E-state index contributed by atoms with van der Waals surface area (Å²) in [5, 5.41) is 6.61. The van der Waals surface area contributed by atoms with E-state index < -0.39 is 0 Å². The van der Waals surface area contributed by atoms with Crippen LogP contribution >= 0.6 is 0 Å². The molecule has 2 aromatic heterocycles. The smallest absolute Gasteiger partial charge is 0.148 e. The number of aryl methyl sites for hydroxylation is 2. The lowest BCUT2D eigenvalue weighted by Gasteiger charge is -2.20. The predicted molar refractivity (Wildman–Crippen MR) is 108 cm³/mol. The second kappa shape index (κ2) is 9.36. The summed E-state index contributed by atoms with van der Waals surface area (Å²) < 4.78 is 5.58. The van der Waals surface area contributed by atoms with Gasteiger partial charge in [-0.05, 0) is 25.7 Å². The lowest BCUT2D eigenvalue weighted by molar-refractivity contribution is 0.416. The van der Waals surface area contributed by atoms with Gasteiger partial charge in [-0.2, -0.15) is 0 Å². The van der Waals surface area contributed by atoms with Crippen molar-refractivity contribution in [1.29, 1.82) is 0 Å². The monoisotopic (exact) mass is 357 g/mol. The zero-order valence-corrected chi connectivity index (χ0v) is 16.8. The molecule has 2 N–H and O–H groups in total. The van der Waals surface area contributed by atoms with Crippen molar-refractivity contribution in [2.24, 2.45) is 0 Å². The van der Waals surface area contributed by atoms with E-state index in [1.807, 2.05) is 13.1 Å². The molecule has 0 atom stereocenters. The first-order valence-corrected chi connectivity index (χ1v) is 9.50. The molecule has 0 aliphatic rings. The summed E-state index contributed by atoms with van der Waals surface area (Å²) in [4.78, 5) is 14.3. The van der Waals surface area contributed by atoms with Crippen molar-refractivity contribution in [3.05, 3.63) is 23.7 Å². The molecule has 0 aliphatic carbocycles. The molecule has 0 saturated carbocycles. The van der Waals surface area contributed by atoms with Gasteiger partial charge in [-0.25, -0.2) is 15.0 Å². The highest BCUT2D eigenvalue weighted by molar-refractivity contribution is 5.71. The van der Waals surface area contributed by atoms with E-state index in [9.17, 15) is 0 Å². The quantitative estimate of drug-likeness (QED) is 0.696. The molecule has 6 heteroatoms. The number of hydrogen-bond acceptors (Lipinski definition) is 6. The number of methoxy groups -OCH3 is 1. The van der Waals surface area contributed by atoms with E-state index in [-0.39, 0.29) is 0 Å². The van der Waals surface area contributed by atoms with E-state index in [2.05, 4.69) is 43.3 Å². The van der Waals surface area contributed by atoms with Crippen LogP contribution < -0.4 is 15.4 Å². The van der Waals surface area contributed by atoms with Crippen LogP contribution in [0.5, 0.6) is 5.75 Å². The second-order valence-electron chi connectivity index (χ2n) is 6.20. The third-order valence-corrected chi connectivity index (χ3v) is 4.63. The number of aromatic nitrogens is 3. The number of nitrogens with one attached hydrogen (secondary N) is 2. The molecule has 0 radical (unpaired) electrons. The number of rotatable bonds is 9. The lowest BCUT2D eigenvalue weighted by atomic mass is 10.1. The van der Waals surface area contributed by atoms with Gasteiger partial charge in [0.1, 0.15) is 17.4 Å². The van der Waals surface area contributed by atoms with Gasteiger partial charge in [-0.1, -0.05) is 27.7 Å². The maximum absolute atomic E-state index is 5.58. The van der Waals surface area contributed by atoms with Crippen LogP contribution in [-0.4, -0.2) is 35.2 Å². The third-order valence-electron chi connectivity index (χ3n) is 4.63. The summed E-state index contributed by atoms with van der Waals surface area (Å²) in [5.74, 6) is 2.41. The van der Waals surface area contributed by atoms with Gasteiger partial charge in [0.2, 0.25) is 0 Å². The van der Waals surface area contributed by atoms with Gasteiger partial charge < -0.3 is 15.4 Å². The van der Waals surface area contributed by atoms with E-state index in [0.29, 0.717) is 6.04 Å². The van der Waals surface area contributed by atoms with Crippen molar-refractivity contribution in [3.63, 3.8) is 0 Å². The van der Waals surface area contributed by atoms with Crippen LogP contribution in [0.4, 0.5) is 11.6 Å². The largest absolute Gasteiger partial charge is 0.496 e. The van der Waals surface area contributed by atoms with Crippen molar-refractivity contribution in [3.8, 4) is 17.0 Å². The van der Waals surface area contributed by atoms with E-state index in [0.717, 1.165) is 65.7 Å². The number of nitrogens with zero attached hydrogens (tertiary/aromatic N) is 3. The third kappa shape index (κ3) is 4.23. The number of pyridine rings is 1. The summed E-state index contributed by atoms with van der Waals surface area (Å²) in [6.07, 6.45) is 5.54. The molecule has 2 rings (SSSR count). The molecule has 0 aliphatic heterocycles. The fourth-order valence-corrected chi connectivity index (χ4v) is 2.94. The Bertz CT molecular complexity index is 728. The fourth-order valence-electron chi connectivity index (χ4n) is 2.94. The fraction of sp³-hybridized carbons (Fsp3) is 0.550. The first kappa shape index (κ1) is 19.9. The van der Waals surface area contributed by atoms with Crippen molar-refractivity contribution in [2.45, 2.75) is 59.4 Å². The Balaban J connectivity index is 2.56. The van der Waals surface area contributed by atoms with Crippen molar-refractivity contribution in [1.82, 2.24) is 15.0 Å². The number of anilines is 2. The molecule has 2 heterocycles. The summed E-state index contributed by atoms with van der Waals surface area (Å²) in [7, 11) is 3.51. The van der Waals surface area contributed by atoms with Crippen LogP contribution in [0.25, 0.3) is 11.3 Å². The summed E-state index contributed by atoms with van der Waals surface area (Å²) >= 11 is 0. The maximum atomic E-state index is 5.58. The van der Waals surface area contributed by atoms with Crippen LogP contribution in [0.2, 0.25) is 0 Å². The first-order chi connectivity index (χ1) is 12.6. The molecule has 6 nitrogen and oxygen atoms in total. The molecule has 2 aromatic rings. The van der Waals surface area contributed by atoms with Crippen LogP contribution in [0.1, 0.15) is 51.9 Å². The van der Waals surface area contributed by atoms with Crippen LogP contribution in [-0.2, 0) is 12.8 Å². The minimum Gasteiger partial charge on any atom is -0.496 e. The SMILES string of the molecule is CCc1nc(-c2cnc(NC)cc2OC)c(CC)nc1NC(CC)CC. The molecule has 0 bridgehead atoms. The van der Waals surface area contributed by atoms with Crippen molar-refractivity contribution < 1.29 is 4.74 Å². The second-order valence-corrected chi connectivity index (χ2v) is 6.20. The Morgan fingerprint density at radius 2 is 1.73 bits per heavy atom. The predicted octanol–water partition coefficient (Wildman–Crippen LogP) is 4.31. The summed E-state index contributed by atoms with van der Waals surface area (Å²) in [6, 6.07) is 2.30. The molecular weight excluding hydrogens is 326 g/mol. The van der Waals surface area contributed by atoms with Gasteiger partial charge in [-0.15, -0.1) is 0 Å². The lowest BCUT2D eigenvalue weighted by Crippen LogP contribution is -2.20. The maximum Gasteiger partial charge on any atom is 0.148 e. The topological polar surface area (TPSA) is 72.0 Å². The van der Waals surface area contributed by atoms with Gasteiger partial charge in [0, 0.05) is 25.4 Å². The minimum absolute atomic E-state index is 0.413. The molecule has 0 spiro atoms. The average molecular weight is 358 g/mol. The van der Waals surface area contributed by atoms with Gasteiger partial charge in [-0.3, -0.25) is 0 Å². The Kier molecular flexibility index (Phi) is 7.18. The van der Waals surface area contributed by atoms with E-state index in [4.69, 9.17) is 14.7 Å². The van der Waals surface area contributed by atoms with Crippen LogP contribution in [0, 0.1) is 0 Å². The van der Waals surface area contributed by atoms with E-state index in [1.54, 1.807) is 13.3 Å².